The average molecular weight is 256 g/mol. The number of rotatable bonds is 2. The van der Waals surface area contributed by atoms with E-state index in [2.05, 4.69) is 15.5 Å². The summed E-state index contributed by atoms with van der Waals surface area (Å²) < 4.78 is 26.1. The maximum absolute atomic E-state index is 12.3. The second-order valence-corrected chi connectivity index (χ2v) is 6.02. The quantitative estimate of drug-likeness (QED) is 0.791. The lowest BCUT2D eigenvalue weighted by atomic mass is 10.3. The van der Waals surface area contributed by atoms with Crippen molar-refractivity contribution in [3.8, 4) is 0 Å². The molecule has 0 amide bonds. The summed E-state index contributed by atoms with van der Waals surface area (Å²) in [5, 5.41) is 10.7. The predicted molar refractivity (Wildman–Crippen MR) is 63.0 cm³/mol. The number of aryl methyl sites for hydroxylation is 1. The number of nitrogens with one attached hydrogen (secondary N) is 1. The molecule has 1 atom stereocenters. The summed E-state index contributed by atoms with van der Waals surface area (Å²) in [5.41, 5.74) is 0.706. The number of nitrogens with zero attached hydrogens (tertiary/aromatic N) is 3. The van der Waals surface area contributed by atoms with Gasteiger partial charge in [-0.15, -0.1) is 5.10 Å². The minimum atomic E-state index is -3.51. The Kier molecular flexibility index (Phi) is 3.41. The molecule has 1 aliphatic heterocycles. The van der Waals surface area contributed by atoms with Crippen molar-refractivity contribution in [1.82, 2.24) is 19.8 Å². The molecule has 0 aliphatic carbocycles. The van der Waals surface area contributed by atoms with Gasteiger partial charge < -0.3 is 5.32 Å². The highest BCUT2D eigenvalue weighted by molar-refractivity contribution is 7.89. The number of aromatic nitrogens is 2. The van der Waals surface area contributed by atoms with E-state index in [-0.39, 0.29) is 11.1 Å². The summed E-state index contributed by atoms with van der Waals surface area (Å²) in [6, 6.07) is 3.11. The molecular formula is C10H16N4O2S. The first kappa shape index (κ1) is 12.4. The molecule has 2 heterocycles. The van der Waals surface area contributed by atoms with E-state index in [4.69, 9.17) is 0 Å². The Bertz CT molecular complexity index is 486. The molecule has 1 aromatic heterocycles. The van der Waals surface area contributed by atoms with Crippen molar-refractivity contribution < 1.29 is 8.42 Å². The number of hydrogen-bond acceptors (Lipinski definition) is 5. The Labute approximate surface area is 101 Å². The molecule has 94 valence electrons. The van der Waals surface area contributed by atoms with E-state index in [9.17, 15) is 8.42 Å². The summed E-state index contributed by atoms with van der Waals surface area (Å²) in [4.78, 5) is 0. The molecule has 1 saturated heterocycles. The Balaban J connectivity index is 2.32. The summed E-state index contributed by atoms with van der Waals surface area (Å²) in [6.07, 6.45) is 0. The van der Waals surface area contributed by atoms with Gasteiger partial charge in [-0.3, -0.25) is 0 Å². The maximum atomic E-state index is 12.3. The van der Waals surface area contributed by atoms with Gasteiger partial charge in [-0.1, -0.05) is 0 Å². The third-order valence-corrected chi connectivity index (χ3v) is 4.69. The van der Waals surface area contributed by atoms with Crippen LogP contribution >= 0.6 is 0 Å². The molecule has 1 N–H and O–H groups in total. The summed E-state index contributed by atoms with van der Waals surface area (Å²) in [6.45, 7) is 5.46. The van der Waals surface area contributed by atoms with Crippen molar-refractivity contribution in [3.05, 3.63) is 17.8 Å². The van der Waals surface area contributed by atoms with Crippen LogP contribution in [0.4, 0.5) is 0 Å². The summed E-state index contributed by atoms with van der Waals surface area (Å²) in [7, 11) is -3.51. The average Bonchev–Trinajstić information content (AvgIpc) is 2.30. The fraction of sp³-hybridized carbons (Fsp3) is 0.600. The molecule has 0 spiro atoms. The molecule has 6 nitrogen and oxygen atoms in total. The van der Waals surface area contributed by atoms with Crippen LogP contribution in [0.1, 0.15) is 12.6 Å². The van der Waals surface area contributed by atoms with Crippen LogP contribution in [0.3, 0.4) is 0 Å². The lowest BCUT2D eigenvalue weighted by molar-refractivity contribution is 0.283. The van der Waals surface area contributed by atoms with E-state index in [1.165, 1.54) is 10.4 Å². The largest absolute Gasteiger partial charge is 0.314 e. The number of hydrogen-bond donors (Lipinski definition) is 1. The molecule has 0 unspecified atom stereocenters. The lowest BCUT2D eigenvalue weighted by Gasteiger charge is -2.32. The monoisotopic (exact) mass is 256 g/mol. The van der Waals surface area contributed by atoms with Gasteiger partial charge in [0.05, 0.1) is 5.69 Å². The van der Waals surface area contributed by atoms with Gasteiger partial charge in [0.2, 0.25) is 0 Å². The first-order chi connectivity index (χ1) is 8.01. The second-order valence-electron chi connectivity index (χ2n) is 4.18. The van der Waals surface area contributed by atoms with Gasteiger partial charge in [0.15, 0.2) is 5.03 Å². The van der Waals surface area contributed by atoms with Crippen molar-refractivity contribution in [1.29, 1.82) is 0 Å². The zero-order valence-electron chi connectivity index (χ0n) is 9.92. The molecule has 0 radical (unpaired) electrons. The van der Waals surface area contributed by atoms with Crippen molar-refractivity contribution in [2.45, 2.75) is 24.9 Å². The van der Waals surface area contributed by atoms with Gasteiger partial charge >= 0.3 is 0 Å². The topological polar surface area (TPSA) is 75.2 Å². The predicted octanol–water partition coefficient (Wildman–Crippen LogP) is -0.233. The van der Waals surface area contributed by atoms with E-state index < -0.39 is 10.0 Å². The Hall–Kier alpha value is -1.05. The number of piperazine rings is 1. The molecule has 1 fully saturated rings. The smallest absolute Gasteiger partial charge is 0.262 e. The minimum Gasteiger partial charge on any atom is -0.314 e. The van der Waals surface area contributed by atoms with Crippen molar-refractivity contribution >= 4 is 10.0 Å². The van der Waals surface area contributed by atoms with E-state index in [0.717, 1.165) is 0 Å². The van der Waals surface area contributed by atoms with Gasteiger partial charge in [0.25, 0.3) is 10.0 Å². The summed E-state index contributed by atoms with van der Waals surface area (Å²) in [5.74, 6) is 0. The highest BCUT2D eigenvalue weighted by Gasteiger charge is 2.31. The zero-order valence-corrected chi connectivity index (χ0v) is 10.7. The van der Waals surface area contributed by atoms with Crippen molar-refractivity contribution in [2.24, 2.45) is 0 Å². The Morgan fingerprint density at radius 3 is 2.76 bits per heavy atom. The highest BCUT2D eigenvalue weighted by Crippen LogP contribution is 2.16. The third-order valence-electron chi connectivity index (χ3n) is 2.79. The van der Waals surface area contributed by atoms with E-state index >= 15 is 0 Å². The van der Waals surface area contributed by atoms with Gasteiger partial charge in [-0.25, -0.2) is 8.42 Å². The van der Waals surface area contributed by atoms with Crippen LogP contribution in [0.5, 0.6) is 0 Å². The molecule has 1 aromatic rings. The van der Waals surface area contributed by atoms with Crippen LogP contribution in [0, 0.1) is 6.92 Å². The fourth-order valence-corrected chi connectivity index (χ4v) is 3.33. The molecule has 0 aromatic carbocycles. The van der Waals surface area contributed by atoms with Gasteiger partial charge in [-0.05, 0) is 26.0 Å². The molecule has 2 rings (SSSR count). The molecule has 7 heteroatoms. The van der Waals surface area contributed by atoms with E-state index in [1.807, 2.05) is 6.92 Å². The van der Waals surface area contributed by atoms with E-state index in [1.54, 1.807) is 13.0 Å². The second kappa shape index (κ2) is 4.67. The standard InChI is InChI=1S/C10H16N4O2S/c1-8-3-4-10(13-12-8)17(15,16)14-6-5-11-7-9(14)2/h3-4,9,11H,5-7H2,1-2H3/t9-/m1/s1. The van der Waals surface area contributed by atoms with Crippen LogP contribution < -0.4 is 5.32 Å². The fourth-order valence-electron chi connectivity index (χ4n) is 1.82. The highest BCUT2D eigenvalue weighted by atomic mass is 32.2. The maximum Gasteiger partial charge on any atom is 0.262 e. The van der Waals surface area contributed by atoms with Crippen LogP contribution in [0.15, 0.2) is 17.2 Å². The molecule has 0 bridgehead atoms. The summed E-state index contributed by atoms with van der Waals surface area (Å²) >= 11 is 0. The van der Waals surface area contributed by atoms with Crippen molar-refractivity contribution in [2.75, 3.05) is 19.6 Å². The first-order valence-electron chi connectivity index (χ1n) is 5.55. The van der Waals surface area contributed by atoms with Crippen LogP contribution in [0.25, 0.3) is 0 Å². The third kappa shape index (κ3) is 2.46. The van der Waals surface area contributed by atoms with Gasteiger partial charge in [-0.2, -0.15) is 9.40 Å². The molecule has 0 saturated carbocycles. The number of sulfonamides is 1. The Morgan fingerprint density at radius 2 is 2.18 bits per heavy atom. The zero-order chi connectivity index (χ0) is 12.5. The van der Waals surface area contributed by atoms with Crippen LogP contribution in [-0.2, 0) is 10.0 Å². The molecule has 17 heavy (non-hydrogen) atoms. The molecular weight excluding hydrogens is 240 g/mol. The van der Waals surface area contributed by atoms with Gasteiger partial charge in [0.1, 0.15) is 0 Å². The van der Waals surface area contributed by atoms with E-state index in [0.29, 0.717) is 25.3 Å². The minimum absolute atomic E-state index is 0.0249. The first-order valence-corrected chi connectivity index (χ1v) is 6.99. The lowest BCUT2D eigenvalue weighted by Crippen LogP contribution is -2.52. The molecule has 1 aliphatic rings. The van der Waals surface area contributed by atoms with Crippen LogP contribution in [-0.4, -0.2) is 48.6 Å². The van der Waals surface area contributed by atoms with Gasteiger partial charge in [0, 0.05) is 25.7 Å². The normalized spacial score (nSPS) is 22.6. The Morgan fingerprint density at radius 1 is 1.41 bits per heavy atom. The SMILES string of the molecule is Cc1ccc(S(=O)(=O)N2CCNC[C@H]2C)nn1. The van der Waals surface area contributed by atoms with Crippen LogP contribution in [0.2, 0.25) is 0 Å². The van der Waals surface area contributed by atoms with Crippen molar-refractivity contribution in [3.63, 3.8) is 0 Å².